The van der Waals surface area contributed by atoms with Gasteiger partial charge in [-0.05, 0) is 55.2 Å². The smallest absolute Gasteiger partial charge is 0.264 e. The SMILES string of the molecule is CCC(C(=O)NCC(C)C)N(Cc1ccccc1Cl)C(=O)CN(c1cc(OC)ccc1OC)S(=O)(=O)c1ccc(C)cc1. The van der Waals surface area contributed by atoms with Gasteiger partial charge in [0, 0.05) is 24.2 Å². The Balaban J connectivity index is 2.15. The summed E-state index contributed by atoms with van der Waals surface area (Å²) in [6.07, 6.45) is 0.299. The van der Waals surface area contributed by atoms with E-state index in [-0.39, 0.29) is 34.7 Å². The number of ether oxygens (including phenoxy) is 2. The van der Waals surface area contributed by atoms with Gasteiger partial charge < -0.3 is 19.7 Å². The number of carbonyl (C=O) groups excluding carboxylic acids is 2. The summed E-state index contributed by atoms with van der Waals surface area (Å²) in [5, 5.41) is 3.34. The zero-order valence-electron chi connectivity index (χ0n) is 25.5. The third-order valence-electron chi connectivity index (χ3n) is 6.91. The van der Waals surface area contributed by atoms with Crippen molar-refractivity contribution in [3.05, 3.63) is 82.9 Å². The summed E-state index contributed by atoms with van der Waals surface area (Å²) >= 11 is 6.47. The van der Waals surface area contributed by atoms with Gasteiger partial charge in [-0.1, -0.05) is 68.3 Å². The molecule has 0 fully saturated rings. The highest BCUT2D eigenvalue weighted by molar-refractivity contribution is 7.92. The van der Waals surface area contributed by atoms with Crippen LogP contribution in [0.3, 0.4) is 0 Å². The first kappa shape index (κ1) is 33.7. The second kappa shape index (κ2) is 15.1. The van der Waals surface area contributed by atoms with Gasteiger partial charge in [-0.15, -0.1) is 0 Å². The number of amides is 2. The molecule has 3 aromatic carbocycles. The predicted octanol–water partition coefficient (Wildman–Crippen LogP) is 5.44. The molecule has 0 heterocycles. The van der Waals surface area contributed by atoms with Crippen LogP contribution in [0.2, 0.25) is 5.02 Å². The number of nitrogens with zero attached hydrogens (tertiary/aromatic N) is 2. The Morgan fingerprint density at radius 3 is 2.23 bits per heavy atom. The Morgan fingerprint density at radius 2 is 1.65 bits per heavy atom. The maximum atomic E-state index is 14.3. The molecule has 0 aromatic heterocycles. The third kappa shape index (κ3) is 8.42. The molecule has 1 N–H and O–H groups in total. The normalized spacial score (nSPS) is 12.0. The van der Waals surface area contributed by atoms with Crippen LogP contribution in [-0.4, -0.2) is 58.5 Å². The van der Waals surface area contributed by atoms with Gasteiger partial charge in [0.25, 0.3) is 10.0 Å². The maximum absolute atomic E-state index is 14.3. The van der Waals surface area contributed by atoms with Gasteiger partial charge in [-0.25, -0.2) is 8.42 Å². The fourth-order valence-electron chi connectivity index (χ4n) is 4.49. The Morgan fingerprint density at radius 1 is 0.977 bits per heavy atom. The first-order valence-electron chi connectivity index (χ1n) is 14.0. The molecule has 0 saturated heterocycles. The number of benzene rings is 3. The van der Waals surface area contributed by atoms with E-state index in [1.54, 1.807) is 55.5 Å². The molecule has 3 aromatic rings. The van der Waals surface area contributed by atoms with Crippen LogP contribution in [0.4, 0.5) is 5.69 Å². The van der Waals surface area contributed by atoms with E-state index in [1.165, 1.54) is 37.3 Å². The molecule has 1 unspecified atom stereocenters. The molecule has 2 amide bonds. The average Bonchev–Trinajstić information content (AvgIpc) is 2.99. The molecule has 232 valence electrons. The van der Waals surface area contributed by atoms with E-state index in [0.29, 0.717) is 29.3 Å². The molecule has 0 saturated carbocycles. The van der Waals surface area contributed by atoms with Crippen LogP contribution in [-0.2, 0) is 26.2 Å². The molecule has 43 heavy (non-hydrogen) atoms. The van der Waals surface area contributed by atoms with E-state index in [9.17, 15) is 18.0 Å². The van der Waals surface area contributed by atoms with Crippen LogP contribution in [0, 0.1) is 12.8 Å². The number of nitrogens with one attached hydrogen (secondary N) is 1. The van der Waals surface area contributed by atoms with Crippen molar-refractivity contribution in [3.63, 3.8) is 0 Å². The first-order valence-corrected chi connectivity index (χ1v) is 15.9. The Kier molecular flexibility index (Phi) is 11.9. The molecule has 3 rings (SSSR count). The molecule has 0 aliphatic heterocycles. The second-order valence-electron chi connectivity index (χ2n) is 10.5. The standard InChI is InChI=1S/C32H40ClN3O6S/c1-7-28(32(38)34-19-22(2)3)35(20-24-10-8-9-11-27(24)33)31(37)21-36(29-18-25(41-5)14-17-30(29)42-6)43(39,40)26-15-12-23(4)13-16-26/h8-18,22,28H,7,19-21H2,1-6H3,(H,34,38). The van der Waals surface area contributed by atoms with Crippen LogP contribution in [0.5, 0.6) is 11.5 Å². The number of methoxy groups -OCH3 is 2. The van der Waals surface area contributed by atoms with Crippen LogP contribution in [0.25, 0.3) is 0 Å². The van der Waals surface area contributed by atoms with Crippen LogP contribution in [0.1, 0.15) is 38.3 Å². The average molecular weight is 630 g/mol. The fraction of sp³-hybridized carbons (Fsp3) is 0.375. The molecule has 1 atom stereocenters. The van der Waals surface area contributed by atoms with Crippen molar-refractivity contribution in [1.29, 1.82) is 0 Å². The monoisotopic (exact) mass is 629 g/mol. The largest absolute Gasteiger partial charge is 0.497 e. The number of carbonyl (C=O) groups is 2. The summed E-state index contributed by atoms with van der Waals surface area (Å²) in [6.45, 7) is 7.42. The number of sulfonamides is 1. The fourth-order valence-corrected chi connectivity index (χ4v) is 6.11. The summed E-state index contributed by atoms with van der Waals surface area (Å²) in [4.78, 5) is 29.1. The molecule has 11 heteroatoms. The van der Waals surface area contributed by atoms with Crippen molar-refractivity contribution < 1.29 is 27.5 Å². The first-order chi connectivity index (χ1) is 20.4. The number of aryl methyl sites for hydroxylation is 1. The molecule has 0 aliphatic carbocycles. The third-order valence-corrected chi connectivity index (χ3v) is 9.05. The van der Waals surface area contributed by atoms with E-state index in [1.807, 2.05) is 20.8 Å². The van der Waals surface area contributed by atoms with E-state index in [0.717, 1.165) is 9.87 Å². The molecule has 0 radical (unpaired) electrons. The van der Waals surface area contributed by atoms with Crippen molar-refractivity contribution in [2.75, 3.05) is 31.6 Å². The Hall–Kier alpha value is -3.76. The van der Waals surface area contributed by atoms with E-state index in [4.69, 9.17) is 21.1 Å². The van der Waals surface area contributed by atoms with Crippen molar-refractivity contribution in [2.45, 2.75) is 51.6 Å². The molecule has 0 spiro atoms. The van der Waals surface area contributed by atoms with Gasteiger partial charge in [0.05, 0.1) is 24.8 Å². The number of hydrogen-bond acceptors (Lipinski definition) is 6. The minimum absolute atomic E-state index is 0.000221. The van der Waals surface area contributed by atoms with Crippen molar-refractivity contribution in [3.8, 4) is 11.5 Å². The molecule has 9 nitrogen and oxygen atoms in total. The van der Waals surface area contributed by atoms with Gasteiger partial charge in [0.1, 0.15) is 24.1 Å². The van der Waals surface area contributed by atoms with Gasteiger partial charge in [-0.2, -0.15) is 0 Å². The quantitative estimate of drug-likeness (QED) is 0.255. The molecular weight excluding hydrogens is 590 g/mol. The summed E-state index contributed by atoms with van der Waals surface area (Å²) in [6, 6.07) is 17.2. The van der Waals surface area contributed by atoms with Crippen molar-refractivity contribution >= 4 is 39.1 Å². The topological polar surface area (TPSA) is 105 Å². The van der Waals surface area contributed by atoms with Crippen LogP contribution < -0.4 is 19.1 Å². The molecule has 0 bridgehead atoms. The summed E-state index contributed by atoms with van der Waals surface area (Å²) in [5.74, 6) is -0.121. The van der Waals surface area contributed by atoms with E-state index >= 15 is 0 Å². The summed E-state index contributed by atoms with van der Waals surface area (Å²) in [5.41, 5.74) is 1.62. The number of hydrogen-bond donors (Lipinski definition) is 1. The highest BCUT2D eigenvalue weighted by atomic mass is 35.5. The lowest BCUT2D eigenvalue weighted by atomic mass is 10.1. The maximum Gasteiger partial charge on any atom is 0.264 e. The Labute approximate surface area is 259 Å². The van der Waals surface area contributed by atoms with Gasteiger partial charge in [0.15, 0.2) is 0 Å². The zero-order valence-corrected chi connectivity index (χ0v) is 27.0. The second-order valence-corrected chi connectivity index (χ2v) is 12.8. The lowest BCUT2D eigenvalue weighted by molar-refractivity contribution is -0.140. The molecule has 0 aliphatic rings. The number of rotatable bonds is 14. The number of anilines is 1. The lowest BCUT2D eigenvalue weighted by Crippen LogP contribution is -2.52. The van der Waals surface area contributed by atoms with E-state index in [2.05, 4.69) is 5.32 Å². The van der Waals surface area contributed by atoms with Gasteiger partial charge in [0.2, 0.25) is 11.8 Å². The van der Waals surface area contributed by atoms with E-state index < -0.39 is 28.5 Å². The molecular formula is C32H40ClN3O6S. The van der Waals surface area contributed by atoms with Crippen molar-refractivity contribution in [1.82, 2.24) is 10.2 Å². The zero-order chi connectivity index (χ0) is 31.7. The van der Waals surface area contributed by atoms with Gasteiger partial charge >= 0.3 is 0 Å². The van der Waals surface area contributed by atoms with Crippen molar-refractivity contribution in [2.24, 2.45) is 5.92 Å². The Bertz CT molecular complexity index is 1510. The highest BCUT2D eigenvalue weighted by Crippen LogP contribution is 2.36. The van der Waals surface area contributed by atoms with Crippen LogP contribution >= 0.6 is 11.6 Å². The predicted molar refractivity (Wildman–Crippen MR) is 169 cm³/mol. The number of halogens is 1. The van der Waals surface area contributed by atoms with Gasteiger partial charge in [-0.3, -0.25) is 13.9 Å². The minimum atomic E-state index is -4.29. The summed E-state index contributed by atoms with van der Waals surface area (Å²) < 4.78 is 40.3. The van der Waals surface area contributed by atoms with Crippen LogP contribution in [0.15, 0.2) is 71.6 Å². The lowest BCUT2D eigenvalue weighted by Gasteiger charge is -2.34. The minimum Gasteiger partial charge on any atom is -0.497 e. The summed E-state index contributed by atoms with van der Waals surface area (Å²) in [7, 11) is -1.41. The highest BCUT2D eigenvalue weighted by Gasteiger charge is 2.35.